The number of imide groups is 1. The van der Waals surface area contributed by atoms with Crippen molar-refractivity contribution in [1.29, 1.82) is 0 Å². The van der Waals surface area contributed by atoms with E-state index in [2.05, 4.69) is 26.5 Å². The third-order valence-corrected chi connectivity index (χ3v) is 4.17. The second-order valence-electron chi connectivity index (χ2n) is 6.82. The summed E-state index contributed by atoms with van der Waals surface area (Å²) in [5.74, 6) is 0.973. The molecule has 0 spiro atoms. The molecule has 2 N–H and O–H groups in total. The van der Waals surface area contributed by atoms with E-state index in [1.807, 2.05) is 39.0 Å². The molecule has 1 aliphatic rings. The first-order chi connectivity index (χ1) is 12.5. The van der Waals surface area contributed by atoms with Crippen LogP contribution in [0.2, 0.25) is 0 Å². The number of anilines is 1. The number of benzene rings is 1. The van der Waals surface area contributed by atoms with Gasteiger partial charge in [-0.05, 0) is 25.0 Å². The van der Waals surface area contributed by atoms with E-state index in [1.54, 1.807) is 0 Å². The van der Waals surface area contributed by atoms with Crippen molar-refractivity contribution < 1.29 is 14.3 Å². The van der Waals surface area contributed by atoms with E-state index < -0.39 is 6.03 Å². The molecule has 0 aromatic heterocycles. The molecule has 1 saturated heterocycles. The quantitative estimate of drug-likeness (QED) is 0.772. The predicted octanol–water partition coefficient (Wildman–Crippen LogP) is 1.69. The largest absolute Gasteiger partial charge is 0.492 e. The normalized spacial score (nSPS) is 15.0. The van der Waals surface area contributed by atoms with Crippen LogP contribution in [0.25, 0.3) is 0 Å². The van der Waals surface area contributed by atoms with Gasteiger partial charge in [0, 0.05) is 32.7 Å². The third-order valence-electron chi connectivity index (χ3n) is 4.17. The number of amides is 3. The van der Waals surface area contributed by atoms with Crippen molar-refractivity contribution in [2.45, 2.75) is 20.8 Å². The van der Waals surface area contributed by atoms with Gasteiger partial charge in [0.25, 0.3) is 0 Å². The highest BCUT2D eigenvalue weighted by Gasteiger charge is 2.21. The van der Waals surface area contributed by atoms with Gasteiger partial charge in [0.1, 0.15) is 5.75 Å². The van der Waals surface area contributed by atoms with Crippen LogP contribution in [-0.4, -0.2) is 62.7 Å². The molecule has 7 nitrogen and oxygen atoms in total. The zero-order valence-electron chi connectivity index (χ0n) is 16.0. The molecule has 1 aliphatic heterocycles. The zero-order chi connectivity index (χ0) is 18.9. The maximum absolute atomic E-state index is 12.0. The Labute approximate surface area is 155 Å². The van der Waals surface area contributed by atoms with Crippen LogP contribution < -0.4 is 20.3 Å². The van der Waals surface area contributed by atoms with Crippen molar-refractivity contribution in [2.75, 3.05) is 50.8 Å². The summed E-state index contributed by atoms with van der Waals surface area (Å²) in [5.41, 5.74) is 1.09. The molecule has 144 valence electrons. The molecule has 0 saturated carbocycles. The van der Waals surface area contributed by atoms with E-state index in [4.69, 9.17) is 4.74 Å². The van der Waals surface area contributed by atoms with Crippen molar-refractivity contribution in [2.24, 2.45) is 5.92 Å². The van der Waals surface area contributed by atoms with Crippen LogP contribution >= 0.6 is 0 Å². The minimum Gasteiger partial charge on any atom is -0.492 e. The molecule has 7 heteroatoms. The van der Waals surface area contributed by atoms with Crippen molar-refractivity contribution in [3.05, 3.63) is 24.3 Å². The van der Waals surface area contributed by atoms with Crippen LogP contribution in [0.15, 0.2) is 24.3 Å². The molecule has 0 atom stereocenters. The van der Waals surface area contributed by atoms with E-state index in [0.717, 1.165) is 37.6 Å². The SMILES string of the molecule is CCOc1ccccc1N1CCN(CC(=O)NC(=O)NCC(C)C)CC1. The molecule has 0 bridgehead atoms. The lowest BCUT2D eigenvalue weighted by molar-refractivity contribution is -0.121. The fourth-order valence-electron chi connectivity index (χ4n) is 2.85. The number of para-hydroxylation sites is 2. The van der Waals surface area contributed by atoms with E-state index >= 15 is 0 Å². The minimum absolute atomic E-state index is 0.232. The van der Waals surface area contributed by atoms with Crippen LogP contribution in [0.4, 0.5) is 10.5 Å². The topological polar surface area (TPSA) is 73.9 Å². The van der Waals surface area contributed by atoms with Gasteiger partial charge in [-0.15, -0.1) is 0 Å². The molecule has 1 aromatic rings. The number of urea groups is 1. The molecule has 1 aromatic carbocycles. The Morgan fingerprint density at radius 2 is 1.85 bits per heavy atom. The first kappa shape index (κ1) is 20.0. The van der Waals surface area contributed by atoms with Crippen LogP contribution in [0.3, 0.4) is 0 Å². The van der Waals surface area contributed by atoms with Gasteiger partial charge in [-0.1, -0.05) is 26.0 Å². The Morgan fingerprint density at radius 1 is 1.15 bits per heavy atom. The van der Waals surface area contributed by atoms with Crippen molar-refractivity contribution in [3.63, 3.8) is 0 Å². The highest BCUT2D eigenvalue weighted by Crippen LogP contribution is 2.28. The first-order valence-electron chi connectivity index (χ1n) is 9.26. The fourth-order valence-corrected chi connectivity index (χ4v) is 2.85. The lowest BCUT2D eigenvalue weighted by atomic mass is 10.2. The van der Waals surface area contributed by atoms with Gasteiger partial charge in [0.05, 0.1) is 18.8 Å². The number of carbonyl (C=O) groups excluding carboxylic acids is 2. The summed E-state index contributed by atoms with van der Waals surface area (Å²) in [5, 5.41) is 5.07. The van der Waals surface area contributed by atoms with Gasteiger partial charge in [0.15, 0.2) is 0 Å². The van der Waals surface area contributed by atoms with Gasteiger partial charge >= 0.3 is 6.03 Å². The van der Waals surface area contributed by atoms with Crippen molar-refractivity contribution in [1.82, 2.24) is 15.5 Å². The van der Waals surface area contributed by atoms with E-state index in [0.29, 0.717) is 19.1 Å². The number of piperazine rings is 1. The number of carbonyl (C=O) groups is 2. The van der Waals surface area contributed by atoms with E-state index in [9.17, 15) is 9.59 Å². The Morgan fingerprint density at radius 3 is 2.50 bits per heavy atom. The van der Waals surface area contributed by atoms with Crippen LogP contribution in [0.5, 0.6) is 5.75 Å². The van der Waals surface area contributed by atoms with Crippen LogP contribution in [-0.2, 0) is 4.79 Å². The highest BCUT2D eigenvalue weighted by molar-refractivity contribution is 5.95. The maximum Gasteiger partial charge on any atom is 0.321 e. The zero-order valence-corrected chi connectivity index (χ0v) is 16.0. The molecule has 0 aliphatic carbocycles. The number of nitrogens with one attached hydrogen (secondary N) is 2. The second-order valence-corrected chi connectivity index (χ2v) is 6.82. The number of ether oxygens (including phenoxy) is 1. The van der Waals surface area contributed by atoms with Crippen LogP contribution in [0.1, 0.15) is 20.8 Å². The van der Waals surface area contributed by atoms with Gasteiger partial charge < -0.3 is 15.0 Å². The lowest BCUT2D eigenvalue weighted by Gasteiger charge is -2.36. The third kappa shape index (κ3) is 6.22. The minimum atomic E-state index is -0.423. The average Bonchev–Trinajstić information content (AvgIpc) is 2.61. The average molecular weight is 362 g/mol. The van der Waals surface area contributed by atoms with Gasteiger partial charge in [-0.2, -0.15) is 0 Å². The number of hydrogen-bond acceptors (Lipinski definition) is 5. The Hall–Kier alpha value is -2.28. The van der Waals surface area contributed by atoms with Crippen molar-refractivity contribution >= 4 is 17.6 Å². The predicted molar refractivity (Wildman–Crippen MR) is 103 cm³/mol. The Bertz CT molecular complexity index is 598. The molecular weight excluding hydrogens is 332 g/mol. The summed E-state index contributed by atoms with van der Waals surface area (Å²) in [7, 11) is 0. The fraction of sp³-hybridized carbons (Fsp3) is 0.579. The smallest absolute Gasteiger partial charge is 0.321 e. The summed E-state index contributed by atoms with van der Waals surface area (Å²) in [4.78, 5) is 28.0. The van der Waals surface area contributed by atoms with Gasteiger partial charge in [0.2, 0.25) is 5.91 Å². The number of nitrogens with zero attached hydrogens (tertiary/aromatic N) is 2. The lowest BCUT2D eigenvalue weighted by Crippen LogP contribution is -2.51. The Kier molecular flexibility index (Phi) is 7.72. The van der Waals surface area contributed by atoms with Crippen molar-refractivity contribution in [3.8, 4) is 5.75 Å². The number of hydrogen-bond donors (Lipinski definition) is 2. The molecule has 2 rings (SSSR count). The molecule has 26 heavy (non-hydrogen) atoms. The summed E-state index contributed by atoms with van der Waals surface area (Å²) in [6.07, 6.45) is 0. The van der Waals surface area contributed by atoms with Crippen LogP contribution in [0, 0.1) is 5.92 Å². The molecule has 3 amide bonds. The highest BCUT2D eigenvalue weighted by atomic mass is 16.5. The standard InChI is InChI=1S/C19H30N4O3/c1-4-26-17-8-6-5-7-16(17)23-11-9-22(10-12-23)14-18(24)21-19(25)20-13-15(2)3/h5-8,15H,4,9-14H2,1-3H3,(H2,20,21,24,25). The van der Waals surface area contributed by atoms with Gasteiger partial charge in [-0.3, -0.25) is 15.0 Å². The molecule has 1 fully saturated rings. The monoisotopic (exact) mass is 362 g/mol. The van der Waals surface area contributed by atoms with E-state index in [1.165, 1.54) is 0 Å². The summed E-state index contributed by atoms with van der Waals surface area (Å²) >= 11 is 0. The molecule has 1 heterocycles. The molecule has 0 unspecified atom stereocenters. The second kappa shape index (κ2) is 10.0. The van der Waals surface area contributed by atoms with Gasteiger partial charge in [-0.25, -0.2) is 4.79 Å². The number of rotatable bonds is 7. The maximum atomic E-state index is 12.0. The Balaban J connectivity index is 1.78. The summed E-state index contributed by atoms with van der Waals surface area (Å²) in [6.45, 7) is 10.6. The molecular formula is C19H30N4O3. The first-order valence-corrected chi connectivity index (χ1v) is 9.26. The molecule has 0 radical (unpaired) electrons. The van der Waals surface area contributed by atoms with E-state index in [-0.39, 0.29) is 12.5 Å². The summed E-state index contributed by atoms with van der Waals surface area (Å²) in [6, 6.07) is 7.60. The summed E-state index contributed by atoms with van der Waals surface area (Å²) < 4.78 is 5.70.